The van der Waals surface area contributed by atoms with Crippen molar-refractivity contribution in [1.82, 2.24) is 0 Å². The Morgan fingerprint density at radius 2 is 1.12 bits per heavy atom. The molecule has 0 amide bonds. The van der Waals surface area contributed by atoms with Gasteiger partial charge in [0.25, 0.3) is 0 Å². The van der Waals surface area contributed by atoms with E-state index >= 15 is 0 Å². The molecule has 0 unspecified atom stereocenters. The van der Waals surface area contributed by atoms with E-state index in [1.165, 1.54) is 0 Å². The molecule has 8 heavy (non-hydrogen) atoms. The van der Waals surface area contributed by atoms with Crippen LogP contribution in [-0.4, -0.2) is 14.7 Å². The van der Waals surface area contributed by atoms with Crippen LogP contribution in [0.5, 0.6) is 0 Å². The Morgan fingerprint density at radius 3 is 1.12 bits per heavy atom. The molecule has 40 valence electrons. The molecule has 0 fully saturated rings. The minimum absolute atomic E-state index is 0. The third kappa shape index (κ3) is 64.1. The zero-order valence-electron chi connectivity index (χ0n) is 6.70. The second-order valence-corrected chi connectivity index (χ2v) is 1.54. The Kier molecular flexibility index (Phi) is 28.0. The van der Waals surface area contributed by atoms with Gasteiger partial charge in [-0.2, -0.15) is 0 Å². The molecule has 0 heterocycles. The van der Waals surface area contributed by atoms with Crippen LogP contribution in [0.3, 0.4) is 0 Å². The summed E-state index contributed by atoms with van der Waals surface area (Å²) in [6.45, 7) is 0. The summed E-state index contributed by atoms with van der Waals surface area (Å²) in [4.78, 5) is 21.6. The molecule has 3 N–H and O–H groups in total. The Labute approximate surface area is 113 Å². The van der Waals surface area contributed by atoms with E-state index in [-0.39, 0.29) is 88.2 Å². The van der Waals surface area contributed by atoms with Crippen molar-refractivity contribution < 1.29 is 107 Å². The average Bonchev–Trinajstić information content (AvgIpc) is 0.722. The molecule has 0 spiro atoms. The maximum atomic E-state index is 8.88. The van der Waals surface area contributed by atoms with Gasteiger partial charge in [0.2, 0.25) is 0 Å². The maximum Gasteiger partial charge on any atom is 1.00 e. The summed E-state index contributed by atoms with van der Waals surface area (Å²) in [5, 5.41) is 0. The van der Waals surface area contributed by atoms with Crippen LogP contribution in [0, 0.1) is 0 Å². The summed E-state index contributed by atoms with van der Waals surface area (Å²) in [6.07, 6.45) is 0. The van der Waals surface area contributed by atoms with Crippen molar-refractivity contribution in [1.29, 1.82) is 0 Å². The van der Waals surface area contributed by atoms with Gasteiger partial charge in [-0.1, -0.05) is 0 Å². The van der Waals surface area contributed by atoms with E-state index in [1.54, 1.807) is 0 Å². The van der Waals surface area contributed by atoms with Crippen LogP contribution >= 0.6 is 7.82 Å². The SMILES string of the molecule is O=P(O)(O)O.[H-].[H-].[Na+].[Na+].[Zr]. The zero-order valence-corrected chi connectivity index (χ0v) is 12.0. The predicted octanol–water partition coefficient (Wildman–Crippen LogP) is -6.70. The molecule has 0 saturated heterocycles. The van der Waals surface area contributed by atoms with E-state index in [9.17, 15) is 0 Å². The van der Waals surface area contributed by atoms with Gasteiger partial charge >= 0.3 is 66.9 Å². The van der Waals surface area contributed by atoms with Gasteiger partial charge < -0.3 is 17.5 Å². The summed E-state index contributed by atoms with van der Waals surface area (Å²) in [5.41, 5.74) is 0. The Bertz CT molecular complexity index is 67.4. The molecule has 0 aromatic carbocycles. The molecule has 0 aliphatic carbocycles. The average molecular weight is 237 g/mol. The number of rotatable bonds is 0. The number of hydrogen-bond acceptors (Lipinski definition) is 1. The summed E-state index contributed by atoms with van der Waals surface area (Å²) < 4.78 is 8.88. The second kappa shape index (κ2) is 9.99. The minimum Gasteiger partial charge on any atom is -1.00 e. The first-order valence-electron chi connectivity index (χ1n) is 0.783. The summed E-state index contributed by atoms with van der Waals surface area (Å²) in [7, 11) is -4.64. The van der Waals surface area contributed by atoms with Crippen molar-refractivity contribution >= 4 is 7.82 Å². The maximum absolute atomic E-state index is 8.88. The van der Waals surface area contributed by atoms with Crippen LogP contribution in [0.15, 0.2) is 0 Å². The Balaban J connectivity index is -0.00000000800. The Morgan fingerprint density at radius 1 is 1.12 bits per heavy atom. The van der Waals surface area contributed by atoms with E-state index in [4.69, 9.17) is 19.2 Å². The van der Waals surface area contributed by atoms with Gasteiger partial charge in [-0.25, -0.2) is 4.57 Å². The van der Waals surface area contributed by atoms with Gasteiger partial charge in [-0.05, 0) is 0 Å². The van der Waals surface area contributed by atoms with Crippen LogP contribution in [-0.2, 0) is 30.8 Å². The van der Waals surface area contributed by atoms with Crippen molar-refractivity contribution in [3.05, 3.63) is 0 Å². The third-order valence-electron chi connectivity index (χ3n) is 0. The fraction of sp³-hybridized carbons (Fsp3) is 0. The van der Waals surface area contributed by atoms with E-state index in [0.29, 0.717) is 0 Å². The normalized spacial score (nSPS) is 7.38. The van der Waals surface area contributed by atoms with Crippen LogP contribution in [0.2, 0.25) is 0 Å². The molecule has 0 aliphatic rings. The van der Waals surface area contributed by atoms with Crippen molar-refractivity contribution in [2.75, 3.05) is 0 Å². The van der Waals surface area contributed by atoms with Crippen molar-refractivity contribution in [3.8, 4) is 0 Å². The molecule has 0 aromatic rings. The molecule has 0 bridgehead atoms. The van der Waals surface area contributed by atoms with Gasteiger partial charge in [0, 0.05) is 26.2 Å². The smallest absolute Gasteiger partial charge is 1.00 e. The molecule has 0 aromatic heterocycles. The zero-order chi connectivity index (χ0) is 4.50. The fourth-order valence-electron chi connectivity index (χ4n) is 0. The van der Waals surface area contributed by atoms with E-state index in [2.05, 4.69) is 0 Å². The minimum atomic E-state index is -4.64. The Hall–Kier alpha value is 2.99. The monoisotopic (exact) mass is 236 g/mol. The third-order valence-corrected chi connectivity index (χ3v) is 0. The van der Waals surface area contributed by atoms with Crippen molar-refractivity contribution in [2.24, 2.45) is 0 Å². The summed E-state index contributed by atoms with van der Waals surface area (Å²) in [5.74, 6) is 0. The fourth-order valence-corrected chi connectivity index (χ4v) is 0. The molecule has 0 aliphatic heterocycles. The van der Waals surface area contributed by atoms with Gasteiger partial charge in [0.15, 0.2) is 0 Å². The van der Waals surface area contributed by atoms with Crippen molar-refractivity contribution in [3.63, 3.8) is 0 Å². The summed E-state index contributed by atoms with van der Waals surface area (Å²) in [6, 6.07) is 0. The quantitative estimate of drug-likeness (QED) is 0.289. The molecule has 0 radical (unpaired) electrons. The van der Waals surface area contributed by atoms with Crippen LogP contribution in [0.25, 0.3) is 0 Å². The van der Waals surface area contributed by atoms with E-state index in [1.807, 2.05) is 0 Å². The van der Waals surface area contributed by atoms with Crippen LogP contribution < -0.4 is 59.1 Å². The molecule has 4 nitrogen and oxygen atoms in total. The van der Waals surface area contributed by atoms with Crippen molar-refractivity contribution in [2.45, 2.75) is 0 Å². The topological polar surface area (TPSA) is 77.8 Å². The largest absolute Gasteiger partial charge is 1.00 e. The van der Waals surface area contributed by atoms with Gasteiger partial charge in [-0.3, -0.25) is 0 Å². The molecule has 0 saturated carbocycles. The van der Waals surface area contributed by atoms with E-state index in [0.717, 1.165) is 0 Å². The molecule has 0 rings (SSSR count). The van der Waals surface area contributed by atoms with Gasteiger partial charge in [0.05, 0.1) is 0 Å². The molecular weight excluding hydrogens is 232 g/mol. The molecular formula is H5Na2O4PZr. The second-order valence-electron chi connectivity index (χ2n) is 0.513. The number of phosphoric acid groups is 1. The predicted molar refractivity (Wildman–Crippen MR) is 16.5 cm³/mol. The summed E-state index contributed by atoms with van der Waals surface area (Å²) >= 11 is 0. The molecule has 0 atom stereocenters. The van der Waals surface area contributed by atoms with Gasteiger partial charge in [0.1, 0.15) is 0 Å². The first-order chi connectivity index (χ1) is 2.00. The van der Waals surface area contributed by atoms with Gasteiger partial charge in [-0.15, -0.1) is 0 Å². The molecule has 8 heteroatoms. The standard InChI is InChI=1S/2Na.H3O4P.Zr.2H/c;;1-5(2,3)4;;;/h;;(H3,1,2,3,4);;;/q2*+1;;;2*-1. The van der Waals surface area contributed by atoms with E-state index < -0.39 is 7.82 Å². The number of hydrogen-bond donors (Lipinski definition) is 3. The first kappa shape index (κ1) is 22.4. The van der Waals surface area contributed by atoms with Crippen LogP contribution in [0.1, 0.15) is 2.85 Å². The first-order valence-corrected chi connectivity index (χ1v) is 2.35. The van der Waals surface area contributed by atoms with Crippen LogP contribution in [0.4, 0.5) is 0 Å².